The van der Waals surface area contributed by atoms with E-state index in [0.29, 0.717) is 0 Å². The van der Waals surface area contributed by atoms with Crippen LogP contribution in [-0.4, -0.2) is 10.9 Å². The maximum absolute atomic E-state index is 11.1. The summed E-state index contributed by atoms with van der Waals surface area (Å²) in [6, 6.07) is 9.95. The number of hydrogen-bond donors (Lipinski definition) is 2. The van der Waals surface area contributed by atoms with E-state index < -0.39 is 0 Å². The van der Waals surface area contributed by atoms with Crippen LogP contribution in [-0.2, 0) is 4.79 Å². The number of rotatable bonds is 4. The fourth-order valence-electron chi connectivity index (χ4n) is 2.01. The van der Waals surface area contributed by atoms with E-state index in [9.17, 15) is 4.79 Å². The summed E-state index contributed by atoms with van der Waals surface area (Å²) in [7, 11) is 0. The molecule has 0 aliphatic rings. The van der Waals surface area contributed by atoms with Gasteiger partial charge in [0.25, 0.3) is 0 Å². The Labute approximate surface area is 119 Å². The Hall–Kier alpha value is -2.36. The van der Waals surface area contributed by atoms with E-state index in [-0.39, 0.29) is 11.9 Å². The van der Waals surface area contributed by atoms with E-state index in [2.05, 4.69) is 22.5 Å². The molecular weight excluding hydrogens is 250 g/mol. The van der Waals surface area contributed by atoms with Gasteiger partial charge in [0.1, 0.15) is 0 Å². The normalized spacial score (nSPS) is 11.8. The van der Waals surface area contributed by atoms with E-state index in [1.807, 2.05) is 43.5 Å². The van der Waals surface area contributed by atoms with Crippen LogP contribution in [0.15, 0.2) is 42.7 Å². The highest BCUT2D eigenvalue weighted by Gasteiger charge is 2.08. The number of aryl methyl sites for hydroxylation is 1. The van der Waals surface area contributed by atoms with Crippen LogP contribution in [0, 0.1) is 6.92 Å². The lowest BCUT2D eigenvalue weighted by molar-refractivity contribution is -0.114. The molecule has 0 aliphatic carbocycles. The van der Waals surface area contributed by atoms with Crippen LogP contribution in [0.4, 0.5) is 11.4 Å². The van der Waals surface area contributed by atoms with Crippen LogP contribution in [0.3, 0.4) is 0 Å². The summed E-state index contributed by atoms with van der Waals surface area (Å²) in [4.78, 5) is 15.2. The van der Waals surface area contributed by atoms with Crippen LogP contribution in [0.25, 0.3) is 0 Å². The lowest BCUT2D eigenvalue weighted by Gasteiger charge is -2.18. The quantitative estimate of drug-likeness (QED) is 0.893. The summed E-state index contributed by atoms with van der Waals surface area (Å²) in [6.45, 7) is 5.63. The van der Waals surface area contributed by atoms with Crippen LogP contribution in [0.5, 0.6) is 0 Å². The Balaban J connectivity index is 2.18. The number of amides is 1. The van der Waals surface area contributed by atoms with Crippen molar-refractivity contribution in [3.8, 4) is 0 Å². The molecule has 1 amide bonds. The summed E-state index contributed by atoms with van der Waals surface area (Å²) in [5, 5.41) is 6.24. The van der Waals surface area contributed by atoms with Crippen molar-refractivity contribution in [2.75, 3.05) is 10.6 Å². The van der Waals surface area contributed by atoms with Crippen molar-refractivity contribution in [2.24, 2.45) is 0 Å². The van der Waals surface area contributed by atoms with Gasteiger partial charge in [0.05, 0.1) is 6.04 Å². The van der Waals surface area contributed by atoms with Gasteiger partial charge >= 0.3 is 0 Å². The molecule has 4 nitrogen and oxygen atoms in total. The SMILES string of the molecule is CC(=O)Nc1ccc(C)c(NC(C)c2cccnc2)c1. The van der Waals surface area contributed by atoms with Gasteiger partial charge in [-0.3, -0.25) is 9.78 Å². The lowest BCUT2D eigenvalue weighted by atomic mass is 10.1. The fourth-order valence-corrected chi connectivity index (χ4v) is 2.01. The van der Waals surface area contributed by atoms with E-state index in [1.165, 1.54) is 6.92 Å². The molecule has 1 heterocycles. The Morgan fingerprint density at radius 3 is 2.75 bits per heavy atom. The van der Waals surface area contributed by atoms with Crippen molar-refractivity contribution < 1.29 is 4.79 Å². The van der Waals surface area contributed by atoms with Crippen molar-refractivity contribution in [2.45, 2.75) is 26.8 Å². The second-order valence-electron chi connectivity index (χ2n) is 4.86. The molecule has 2 N–H and O–H groups in total. The molecule has 0 aliphatic heterocycles. The molecule has 1 aromatic heterocycles. The first kappa shape index (κ1) is 14.1. The van der Waals surface area contributed by atoms with Crippen molar-refractivity contribution in [3.63, 3.8) is 0 Å². The summed E-state index contributed by atoms with van der Waals surface area (Å²) >= 11 is 0. The van der Waals surface area contributed by atoms with Gasteiger partial charge in [-0.25, -0.2) is 0 Å². The number of carbonyl (C=O) groups excluding carboxylic acids is 1. The smallest absolute Gasteiger partial charge is 0.221 e. The Morgan fingerprint density at radius 1 is 1.30 bits per heavy atom. The second kappa shape index (κ2) is 6.19. The third kappa shape index (κ3) is 3.57. The van der Waals surface area contributed by atoms with Crippen LogP contribution in [0.1, 0.15) is 31.0 Å². The number of nitrogens with zero attached hydrogens (tertiary/aromatic N) is 1. The minimum Gasteiger partial charge on any atom is -0.378 e. The minimum atomic E-state index is -0.0693. The van der Waals surface area contributed by atoms with Crippen molar-refractivity contribution in [1.82, 2.24) is 4.98 Å². The number of pyridine rings is 1. The zero-order valence-electron chi connectivity index (χ0n) is 12.0. The summed E-state index contributed by atoms with van der Waals surface area (Å²) in [5.74, 6) is -0.0693. The summed E-state index contributed by atoms with van der Waals surface area (Å²) in [5.41, 5.74) is 4.06. The standard InChI is InChI=1S/C16H19N3O/c1-11-6-7-15(19-13(3)20)9-16(11)18-12(2)14-5-4-8-17-10-14/h4-10,12,18H,1-3H3,(H,19,20). The van der Waals surface area contributed by atoms with Crippen LogP contribution < -0.4 is 10.6 Å². The van der Waals surface area contributed by atoms with Crippen LogP contribution in [0.2, 0.25) is 0 Å². The van der Waals surface area contributed by atoms with E-state index >= 15 is 0 Å². The first-order chi connectivity index (χ1) is 9.56. The maximum Gasteiger partial charge on any atom is 0.221 e. The molecule has 4 heteroatoms. The van der Waals surface area contributed by atoms with Crippen molar-refractivity contribution in [1.29, 1.82) is 0 Å². The predicted molar refractivity (Wildman–Crippen MR) is 81.8 cm³/mol. The highest BCUT2D eigenvalue weighted by Crippen LogP contribution is 2.24. The third-order valence-corrected chi connectivity index (χ3v) is 3.11. The number of carbonyl (C=O) groups is 1. The number of benzene rings is 1. The first-order valence-corrected chi connectivity index (χ1v) is 6.61. The van der Waals surface area contributed by atoms with Gasteiger partial charge in [0.2, 0.25) is 5.91 Å². The molecular formula is C16H19N3O. The minimum absolute atomic E-state index is 0.0693. The molecule has 1 unspecified atom stereocenters. The predicted octanol–water partition coefficient (Wildman–Crippen LogP) is 3.52. The van der Waals surface area contributed by atoms with E-state index in [0.717, 1.165) is 22.5 Å². The first-order valence-electron chi connectivity index (χ1n) is 6.61. The third-order valence-electron chi connectivity index (χ3n) is 3.11. The number of anilines is 2. The Kier molecular flexibility index (Phi) is 4.35. The van der Waals surface area contributed by atoms with Crippen molar-refractivity contribution >= 4 is 17.3 Å². The lowest BCUT2D eigenvalue weighted by Crippen LogP contribution is -2.10. The second-order valence-corrected chi connectivity index (χ2v) is 4.86. The summed E-state index contributed by atoms with van der Waals surface area (Å²) < 4.78 is 0. The molecule has 2 aromatic rings. The van der Waals surface area contributed by atoms with E-state index in [4.69, 9.17) is 0 Å². The average Bonchev–Trinajstić information content (AvgIpc) is 2.43. The number of aromatic nitrogens is 1. The molecule has 0 saturated heterocycles. The molecule has 0 fully saturated rings. The zero-order chi connectivity index (χ0) is 14.5. The van der Waals surface area contributed by atoms with Gasteiger partial charge < -0.3 is 10.6 Å². The van der Waals surface area contributed by atoms with Gasteiger partial charge in [0, 0.05) is 30.7 Å². The Bertz CT molecular complexity index is 596. The maximum atomic E-state index is 11.1. The molecule has 1 aromatic carbocycles. The monoisotopic (exact) mass is 269 g/mol. The topological polar surface area (TPSA) is 54.0 Å². The molecule has 0 bridgehead atoms. The molecule has 0 spiro atoms. The highest BCUT2D eigenvalue weighted by molar-refractivity contribution is 5.89. The Morgan fingerprint density at radius 2 is 2.10 bits per heavy atom. The molecule has 0 radical (unpaired) electrons. The molecule has 1 atom stereocenters. The molecule has 20 heavy (non-hydrogen) atoms. The van der Waals surface area contributed by atoms with Gasteiger partial charge in [0.15, 0.2) is 0 Å². The number of hydrogen-bond acceptors (Lipinski definition) is 3. The molecule has 104 valence electrons. The number of nitrogens with one attached hydrogen (secondary N) is 2. The molecule has 0 saturated carbocycles. The fraction of sp³-hybridized carbons (Fsp3) is 0.250. The average molecular weight is 269 g/mol. The molecule has 2 rings (SSSR count). The van der Waals surface area contributed by atoms with Gasteiger partial charge in [-0.1, -0.05) is 12.1 Å². The summed E-state index contributed by atoms with van der Waals surface area (Å²) in [6.07, 6.45) is 3.61. The van der Waals surface area contributed by atoms with Gasteiger partial charge in [-0.05, 0) is 43.2 Å². The van der Waals surface area contributed by atoms with Crippen LogP contribution >= 0.6 is 0 Å². The van der Waals surface area contributed by atoms with E-state index in [1.54, 1.807) is 6.20 Å². The highest BCUT2D eigenvalue weighted by atomic mass is 16.1. The van der Waals surface area contributed by atoms with Gasteiger partial charge in [-0.2, -0.15) is 0 Å². The van der Waals surface area contributed by atoms with Gasteiger partial charge in [-0.15, -0.1) is 0 Å². The largest absolute Gasteiger partial charge is 0.378 e. The van der Waals surface area contributed by atoms with Crippen molar-refractivity contribution in [3.05, 3.63) is 53.9 Å². The zero-order valence-corrected chi connectivity index (χ0v) is 12.0.